The van der Waals surface area contributed by atoms with E-state index in [1.54, 1.807) is 7.11 Å². The molecular formula is C20H28N4O2. The van der Waals surface area contributed by atoms with Gasteiger partial charge in [0.15, 0.2) is 0 Å². The lowest BCUT2D eigenvalue weighted by Gasteiger charge is -2.19. The number of benzene rings is 1. The normalized spacial score (nSPS) is 16.2. The fourth-order valence-electron chi connectivity index (χ4n) is 2.43. The summed E-state index contributed by atoms with van der Waals surface area (Å²) < 4.78 is 11.1. The van der Waals surface area contributed by atoms with Crippen molar-refractivity contribution in [2.45, 2.75) is 32.3 Å². The molecule has 2 N–H and O–H groups in total. The van der Waals surface area contributed by atoms with Crippen molar-refractivity contribution in [3.63, 3.8) is 0 Å². The Morgan fingerprint density at radius 3 is 2.73 bits per heavy atom. The summed E-state index contributed by atoms with van der Waals surface area (Å²) in [5.41, 5.74) is 1.94. The Morgan fingerprint density at radius 2 is 2.12 bits per heavy atom. The molecule has 0 aliphatic heterocycles. The second-order valence-corrected chi connectivity index (χ2v) is 6.81. The van der Waals surface area contributed by atoms with Crippen LogP contribution in [-0.2, 0) is 4.74 Å². The van der Waals surface area contributed by atoms with Crippen LogP contribution in [0.4, 0.5) is 0 Å². The molecule has 1 aliphatic carbocycles. The Kier molecular flexibility index (Phi) is 6.69. The molecule has 0 bridgehead atoms. The molecule has 2 rings (SSSR count). The van der Waals surface area contributed by atoms with Crippen LogP contribution in [0.2, 0.25) is 0 Å². The number of aliphatic imine (C=N–C) groups is 1. The van der Waals surface area contributed by atoms with Crippen molar-refractivity contribution in [2.24, 2.45) is 4.99 Å². The monoisotopic (exact) mass is 356 g/mol. The van der Waals surface area contributed by atoms with Crippen LogP contribution in [0.1, 0.15) is 32.3 Å². The van der Waals surface area contributed by atoms with Crippen molar-refractivity contribution in [1.29, 1.82) is 10.8 Å². The number of rotatable bonds is 9. The van der Waals surface area contributed by atoms with Crippen LogP contribution in [0.25, 0.3) is 0 Å². The molecule has 0 spiro atoms. The summed E-state index contributed by atoms with van der Waals surface area (Å²) in [6.45, 7) is 5.20. The number of amidine groups is 1. The smallest absolute Gasteiger partial charge is 0.130 e. The molecule has 1 aliphatic rings. The van der Waals surface area contributed by atoms with Crippen LogP contribution in [0, 0.1) is 10.8 Å². The highest BCUT2D eigenvalue weighted by Gasteiger charge is 2.40. The molecule has 26 heavy (non-hydrogen) atoms. The number of hydrogen-bond donors (Lipinski definition) is 2. The first-order valence-electron chi connectivity index (χ1n) is 8.72. The van der Waals surface area contributed by atoms with Gasteiger partial charge in [-0.15, -0.1) is 0 Å². The summed E-state index contributed by atoms with van der Waals surface area (Å²) in [6, 6.07) is 7.66. The highest BCUT2D eigenvalue weighted by Crippen LogP contribution is 2.39. The first-order valence-corrected chi connectivity index (χ1v) is 8.72. The number of likely N-dealkylation sites (N-methyl/N-ethyl adjacent to an activating group) is 1. The van der Waals surface area contributed by atoms with E-state index in [0.717, 1.165) is 36.1 Å². The number of nitrogens with one attached hydrogen (secondary N) is 2. The average molecular weight is 356 g/mol. The SMILES string of the molecule is COCCN(C)C(/C=C(\C)C(=N)c1cccc(OC2(C)CC2)c1)=NC=N. The Labute approximate surface area is 155 Å². The third-order valence-corrected chi connectivity index (χ3v) is 4.40. The second kappa shape index (κ2) is 8.76. The molecule has 0 heterocycles. The van der Waals surface area contributed by atoms with E-state index in [0.29, 0.717) is 24.7 Å². The molecule has 0 atom stereocenters. The molecule has 0 amide bonds. The molecule has 1 aromatic carbocycles. The minimum Gasteiger partial charge on any atom is -0.488 e. The number of hydrogen-bond acceptors (Lipinski definition) is 4. The lowest BCUT2D eigenvalue weighted by Crippen LogP contribution is -2.29. The van der Waals surface area contributed by atoms with Gasteiger partial charge in [-0.2, -0.15) is 0 Å². The molecule has 0 aromatic heterocycles. The van der Waals surface area contributed by atoms with E-state index in [9.17, 15) is 0 Å². The third-order valence-electron chi connectivity index (χ3n) is 4.40. The number of methoxy groups -OCH3 is 1. The second-order valence-electron chi connectivity index (χ2n) is 6.81. The minimum atomic E-state index is -0.0421. The van der Waals surface area contributed by atoms with Crippen molar-refractivity contribution in [2.75, 3.05) is 27.3 Å². The van der Waals surface area contributed by atoms with Gasteiger partial charge in [0.05, 0.1) is 12.3 Å². The predicted octanol–water partition coefficient (Wildman–Crippen LogP) is 3.52. The summed E-state index contributed by atoms with van der Waals surface area (Å²) in [7, 11) is 3.54. The molecule has 140 valence electrons. The van der Waals surface area contributed by atoms with Crippen LogP contribution in [0.3, 0.4) is 0 Å². The molecule has 6 nitrogen and oxygen atoms in total. The van der Waals surface area contributed by atoms with Gasteiger partial charge in [0.1, 0.15) is 23.5 Å². The van der Waals surface area contributed by atoms with Crippen LogP contribution < -0.4 is 4.74 Å². The lowest BCUT2D eigenvalue weighted by atomic mass is 10.0. The zero-order valence-corrected chi connectivity index (χ0v) is 16.0. The van der Waals surface area contributed by atoms with Crippen molar-refractivity contribution >= 4 is 17.9 Å². The van der Waals surface area contributed by atoms with Gasteiger partial charge in [-0.1, -0.05) is 12.1 Å². The topological polar surface area (TPSA) is 81.8 Å². The van der Waals surface area contributed by atoms with E-state index in [4.69, 9.17) is 20.3 Å². The largest absolute Gasteiger partial charge is 0.488 e. The van der Waals surface area contributed by atoms with E-state index in [-0.39, 0.29) is 5.60 Å². The molecule has 1 fully saturated rings. The maximum Gasteiger partial charge on any atom is 0.130 e. The van der Waals surface area contributed by atoms with Crippen LogP contribution in [0.5, 0.6) is 5.75 Å². The van der Waals surface area contributed by atoms with Crippen molar-refractivity contribution < 1.29 is 9.47 Å². The van der Waals surface area contributed by atoms with Crippen molar-refractivity contribution in [3.05, 3.63) is 41.5 Å². The van der Waals surface area contributed by atoms with E-state index in [1.807, 2.05) is 49.2 Å². The average Bonchev–Trinajstić information content (AvgIpc) is 3.35. The third kappa shape index (κ3) is 5.52. The number of nitrogens with zero attached hydrogens (tertiary/aromatic N) is 2. The molecule has 0 unspecified atom stereocenters. The maximum absolute atomic E-state index is 8.50. The lowest BCUT2D eigenvalue weighted by molar-refractivity contribution is 0.183. The fourth-order valence-corrected chi connectivity index (χ4v) is 2.43. The first kappa shape index (κ1) is 19.8. The predicted molar refractivity (Wildman–Crippen MR) is 106 cm³/mol. The molecule has 0 radical (unpaired) electrons. The van der Waals surface area contributed by atoms with E-state index < -0.39 is 0 Å². The summed E-state index contributed by atoms with van der Waals surface area (Å²) in [6.07, 6.45) is 4.98. The standard InChI is InChI=1S/C20H28N4O2/c1-15(12-18(23-14-21)24(3)10-11-25-4)19(22)16-6-5-7-17(13-16)26-20(2)8-9-20/h5-7,12-14,21-22H,8-11H2,1-4H3/b15-12+,21-14?,22-19?,23-18?. The fraction of sp³-hybridized carbons (Fsp3) is 0.450. The van der Waals surface area contributed by atoms with Gasteiger partial charge in [0, 0.05) is 26.3 Å². The first-order chi connectivity index (χ1) is 12.4. The van der Waals surface area contributed by atoms with Crippen molar-refractivity contribution in [1.82, 2.24) is 4.90 Å². The van der Waals surface area contributed by atoms with Crippen LogP contribution in [0.15, 0.2) is 40.9 Å². The van der Waals surface area contributed by atoms with Gasteiger partial charge < -0.3 is 14.4 Å². The zero-order valence-electron chi connectivity index (χ0n) is 16.0. The Balaban J connectivity index is 2.16. The molecular weight excluding hydrogens is 328 g/mol. The zero-order chi connectivity index (χ0) is 19.2. The highest BCUT2D eigenvalue weighted by atomic mass is 16.5. The van der Waals surface area contributed by atoms with Gasteiger partial charge in [-0.25, -0.2) is 4.99 Å². The van der Waals surface area contributed by atoms with Crippen LogP contribution in [-0.4, -0.2) is 55.7 Å². The number of allylic oxidation sites excluding steroid dienone is 1. The van der Waals surface area contributed by atoms with Gasteiger partial charge in [0.2, 0.25) is 0 Å². The number of ether oxygens (including phenoxy) is 2. The summed E-state index contributed by atoms with van der Waals surface area (Å²) in [5, 5.41) is 15.8. The molecule has 0 saturated heterocycles. The quantitative estimate of drug-likeness (QED) is 0.525. The maximum atomic E-state index is 8.50. The van der Waals surface area contributed by atoms with Gasteiger partial charge >= 0.3 is 0 Å². The summed E-state index contributed by atoms with van der Waals surface area (Å²) in [4.78, 5) is 6.00. The minimum absolute atomic E-state index is 0.0421. The highest BCUT2D eigenvalue weighted by molar-refractivity contribution is 6.14. The van der Waals surface area contributed by atoms with Crippen LogP contribution >= 0.6 is 0 Å². The van der Waals surface area contributed by atoms with Gasteiger partial charge in [-0.05, 0) is 50.5 Å². The van der Waals surface area contributed by atoms with Crippen molar-refractivity contribution in [3.8, 4) is 5.75 Å². The molecule has 6 heteroatoms. The van der Waals surface area contributed by atoms with Gasteiger partial charge in [0.25, 0.3) is 0 Å². The van der Waals surface area contributed by atoms with E-state index in [1.165, 1.54) is 0 Å². The summed E-state index contributed by atoms with van der Waals surface area (Å²) in [5.74, 6) is 1.42. The Hall–Kier alpha value is -2.47. The van der Waals surface area contributed by atoms with Gasteiger partial charge in [-0.3, -0.25) is 10.8 Å². The summed E-state index contributed by atoms with van der Waals surface area (Å²) >= 11 is 0. The van der Waals surface area contributed by atoms with E-state index in [2.05, 4.69) is 11.9 Å². The Bertz CT molecular complexity index is 720. The molecule has 1 saturated carbocycles. The van der Waals surface area contributed by atoms with E-state index >= 15 is 0 Å². The molecule has 1 aromatic rings. The Morgan fingerprint density at radius 1 is 1.38 bits per heavy atom.